The molecule has 0 spiro atoms. The number of amides is 1. The molecule has 5 heteroatoms. The van der Waals surface area contributed by atoms with E-state index < -0.39 is 0 Å². The number of hydrogen-bond donors (Lipinski definition) is 0. The van der Waals surface area contributed by atoms with E-state index in [1.807, 2.05) is 49.2 Å². The van der Waals surface area contributed by atoms with Gasteiger partial charge in [-0.05, 0) is 51.0 Å². The Hall–Kier alpha value is -2.69. The van der Waals surface area contributed by atoms with Gasteiger partial charge in [-0.25, -0.2) is 0 Å². The van der Waals surface area contributed by atoms with E-state index in [1.54, 1.807) is 6.20 Å². The highest BCUT2D eigenvalue weighted by atomic mass is 16.3. The van der Waals surface area contributed by atoms with Crippen molar-refractivity contribution in [1.82, 2.24) is 14.9 Å². The maximum Gasteiger partial charge on any atom is 0.253 e. The van der Waals surface area contributed by atoms with Crippen LogP contribution in [-0.2, 0) is 0 Å². The number of benzene rings is 1. The van der Waals surface area contributed by atoms with Gasteiger partial charge in [0.25, 0.3) is 5.91 Å². The standard InChI is InChI=1S/C20H21N3O2/c1-13-11-21-12-18(22-13)15-5-7-23(8-6-15)20(24)16-3-4-19-17(10-16)9-14(2)25-19/h3-4,9-12,15H,5-8H2,1-2H3. The van der Waals surface area contributed by atoms with Gasteiger partial charge in [-0.15, -0.1) is 0 Å². The first-order valence-electron chi connectivity index (χ1n) is 8.68. The maximum absolute atomic E-state index is 12.8. The van der Waals surface area contributed by atoms with Crippen LogP contribution in [0.3, 0.4) is 0 Å². The van der Waals surface area contributed by atoms with Gasteiger partial charge in [-0.2, -0.15) is 0 Å². The topological polar surface area (TPSA) is 59.2 Å². The number of piperidine rings is 1. The van der Waals surface area contributed by atoms with Crippen molar-refractivity contribution in [1.29, 1.82) is 0 Å². The SMILES string of the molecule is Cc1cncc(C2CCN(C(=O)c3ccc4oc(C)cc4c3)CC2)n1. The van der Waals surface area contributed by atoms with Gasteiger partial charge in [-0.3, -0.25) is 14.8 Å². The summed E-state index contributed by atoms with van der Waals surface area (Å²) < 4.78 is 5.58. The van der Waals surface area contributed by atoms with E-state index in [4.69, 9.17) is 4.42 Å². The molecule has 1 amide bonds. The van der Waals surface area contributed by atoms with Gasteiger partial charge in [0.1, 0.15) is 11.3 Å². The minimum Gasteiger partial charge on any atom is -0.461 e. The number of likely N-dealkylation sites (tertiary alicyclic amines) is 1. The van der Waals surface area contributed by atoms with Crippen molar-refractivity contribution >= 4 is 16.9 Å². The largest absolute Gasteiger partial charge is 0.461 e. The third kappa shape index (κ3) is 3.14. The molecule has 5 nitrogen and oxygen atoms in total. The second kappa shape index (κ2) is 6.31. The summed E-state index contributed by atoms with van der Waals surface area (Å²) in [7, 11) is 0. The molecular formula is C20H21N3O2. The molecule has 1 aliphatic heterocycles. The summed E-state index contributed by atoms with van der Waals surface area (Å²) in [6.07, 6.45) is 5.48. The molecular weight excluding hydrogens is 314 g/mol. The highest BCUT2D eigenvalue weighted by Crippen LogP contribution is 2.28. The fourth-order valence-corrected chi connectivity index (χ4v) is 3.55. The van der Waals surface area contributed by atoms with Crippen molar-refractivity contribution in [2.24, 2.45) is 0 Å². The van der Waals surface area contributed by atoms with Crippen LogP contribution in [0.4, 0.5) is 0 Å². The van der Waals surface area contributed by atoms with Crippen molar-refractivity contribution in [2.75, 3.05) is 13.1 Å². The number of aryl methyl sites for hydroxylation is 2. The highest BCUT2D eigenvalue weighted by Gasteiger charge is 2.25. The lowest BCUT2D eigenvalue weighted by atomic mass is 9.93. The van der Waals surface area contributed by atoms with Crippen LogP contribution in [0.25, 0.3) is 11.0 Å². The Kier molecular flexibility index (Phi) is 3.99. The number of aromatic nitrogens is 2. The maximum atomic E-state index is 12.8. The molecule has 0 unspecified atom stereocenters. The molecule has 3 heterocycles. The van der Waals surface area contributed by atoms with Gasteiger partial charge in [0.15, 0.2) is 0 Å². The van der Waals surface area contributed by atoms with Crippen LogP contribution >= 0.6 is 0 Å². The van der Waals surface area contributed by atoms with E-state index in [9.17, 15) is 4.79 Å². The number of hydrogen-bond acceptors (Lipinski definition) is 4. The van der Waals surface area contributed by atoms with E-state index in [2.05, 4.69) is 9.97 Å². The van der Waals surface area contributed by atoms with Crippen LogP contribution in [-0.4, -0.2) is 33.9 Å². The summed E-state index contributed by atoms with van der Waals surface area (Å²) in [5.41, 5.74) is 3.54. The number of fused-ring (bicyclic) bond motifs is 1. The lowest BCUT2D eigenvalue weighted by Crippen LogP contribution is -2.38. The van der Waals surface area contributed by atoms with Crippen LogP contribution in [0, 0.1) is 13.8 Å². The zero-order valence-electron chi connectivity index (χ0n) is 14.5. The van der Waals surface area contributed by atoms with Crippen LogP contribution in [0.2, 0.25) is 0 Å². The molecule has 0 aliphatic carbocycles. The summed E-state index contributed by atoms with van der Waals surface area (Å²) in [5, 5.41) is 0.980. The molecule has 0 radical (unpaired) electrons. The predicted octanol–water partition coefficient (Wildman–Crippen LogP) is 3.86. The van der Waals surface area contributed by atoms with E-state index in [-0.39, 0.29) is 5.91 Å². The van der Waals surface area contributed by atoms with Crippen LogP contribution in [0.15, 0.2) is 41.1 Å². The van der Waals surface area contributed by atoms with Gasteiger partial charge in [-0.1, -0.05) is 0 Å². The average molecular weight is 335 g/mol. The predicted molar refractivity (Wildman–Crippen MR) is 95.6 cm³/mol. The summed E-state index contributed by atoms with van der Waals surface area (Å²) in [6.45, 7) is 5.38. The Morgan fingerprint density at radius 2 is 1.96 bits per heavy atom. The molecule has 3 aromatic rings. The van der Waals surface area contributed by atoms with Gasteiger partial charge in [0.05, 0.1) is 11.4 Å². The number of carbonyl (C=O) groups excluding carboxylic acids is 1. The first-order chi connectivity index (χ1) is 12.1. The summed E-state index contributed by atoms with van der Waals surface area (Å²) in [4.78, 5) is 23.6. The molecule has 2 aromatic heterocycles. The third-order valence-corrected chi connectivity index (χ3v) is 4.86. The number of carbonyl (C=O) groups is 1. The first kappa shape index (κ1) is 15.8. The lowest BCUT2D eigenvalue weighted by molar-refractivity contribution is 0.0712. The minimum atomic E-state index is 0.0922. The average Bonchev–Trinajstić information content (AvgIpc) is 3.00. The molecule has 1 aromatic carbocycles. The molecule has 1 aliphatic rings. The van der Waals surface area contributed by atoms with Crippen LogP contribution in [0.5, 0.6) is 0 Å². The van der Waals surface area contributed by atoms with E-state index in [0.29, 0.717) is 5.92 Å². The van der Waals surface area contributed by atoms with E-state index >= 15 is 0 Å². The molecule has 0 atom stereocenters. The van der Waals surface area contributed by atoms with Gasteiger partial charge >= 0.3 is 0 Å². The van der Waals surface area contributed by atoms with Crippen molar-refractivity contribution in [3.05, 3.63) is 59.4 Å². The molecule has 0 bridgehead atoms. The second-order valence-corrected chi connectivity index (χ2v) is 6.76. The van der Waals surface area contributed by atoms with Crippen LogP contribution in [0.1, 0.15) is 46.3 Å². The van der Waals surface area contributed by atoms with Crippen molar-refractivity contribution in [2.45, 2.75) is 32.6 Å². The summed E-state index contributed by atoms with van der Waals surface area (Å²) in [5.74, 6) is 1.34. The third-order valence-electron chi connectivity index (χ3n) is 4.86. The molecule has 128 valence electrons. The number of furan rings is 1. The highest BCUT2D eigenvalue weighted by molar-refractivity contribution is 5.97. The van der Waals surface area contributed by atoms with E-state index in [1.165, 1.54) is 0 Å². The fraction of sp³-hybridized carbons (Fsp3) is 0.350. The molecule has 4 rings (SSSR count). The van der Waals surface area contributed by atoms with Crippen molar-refractivity contribution in [3.63, 3.8) is 0 Å². The number of rotatable bonds is 2. The Bertz CT molecular complexity index is 924. The van der Waals surface area contributed by atoms with Crippen LogP contribution < -0.4 is 0 Å². The molecule has 1 fully saturated rings. The smallest absolute Gasteiger partial charge is 0.253 e. The fourth-order valence-electron chi connectivity index (χ4n) is 3.55. The zero-order valence-corrected chi connectivity index (χ0v) is 14.5. The van der Waals surface area contributed by atoms with Crippen molar-refractivity contribution < 1.29 is 9.21 Å². The molecule has 0 N–H and O–H groups in total. The summed E-state index contributed by atoms with van der Waals surface area (Å²) in [6, 6.07) is 7.62. The summed E-state index contributed by atoms with van der Waals surface area (Å²) >= 11 is 0. The van der Waals surface area contributed by atoms with Gasteiger partial charge in [0, 0.05) is 42.4 Å². The quantitative estimate of drug-likeness (QED) is 0.713. The van der Waals surface area contributed by atoms with Gasteiger partial charge in [0.2, 0.25) is 0 Å². The molecule has 0 saturated carbocycles. The lowest BCUT2D eigenvalue weighted by Gasteiger charge is -2.31. The van der Waals surface area contributed by atoms with Gasteiger partial charge < -0.3 is 9.32 Å². The van der Waals surface area contributed by atoms with Crippen molar-refractivity contribution in [3.8, 4) is 0 Å². The Balaban J connectivity index is 1.46. The molecule has 25 heavy (non-hydrogen) atoms. The Morgan fingerprint density at radius 1 is 1.16 bits per heavy atom. The normalized spacial score (nSPS) is 15.7. The first-order valence-corrected chi connectivity index (χ1v) is 8.68. The monoisotopic (exact) mass is 335 g/mol. The Labute approximate surface area is 146 Å². The zero-order chi connectivity index (χ0) is 17.4. The molecule has 1 saturated heterocycles. The second-order valence-electron chi connectivity index (χ2n) is 6.76. The Morgan fingerprint density at radius 3 is 2.72 bits per heavy atom. The number of nitrogens with zero attached hydrogens (tertiary/aromatic N) is 3. The van der Waals surface area contributed by atoms with E-state index in [0.717, 1.165) is 59.6 Å². The minimum absolute atomic E-state index is 0.0922.